The Morgan fingerprint density at radius 1 is 1.13 bits per heavy atom. The van der Waals surface area contributed by atoms with Crippen molar-refractivity contribution in [3.05, 3.63) is 34.3 Å². The van der Waals surface area contributed by atoms with Crippen molar-refractivity contribution in [2.75, 3.05) is 0 Å². The van der Waals surface area contributed by atoms with Crippen LogP contribution >= 0.6 is 15.9 Å². The Hall–Kier alpha value is -0.840. The molecule has 0 aromatic heterocycles. The highest BCUT2D eigenvalue weighted by molar-refractivity contribution is 9.10. The lowest BCUT2D eigenvalue weighted by atomic mass is 10.1. The van der Waals surface area contributed by atoms with Crippen LogP contribution in [-0.2, 0) is 0 Å². The number of hydrogen-bond donors (Lipinski definition) is 0. The van der Waals surface area contributed by atoms with Gasteiger partial charge >= 0.3 is 6.18 Å². The molecule has 0 spiro atoms. The van der Waals surface area contributed by atoms with Crippen LogP contribution in [0.25, 0.3) is 0 Å². The highest BCUT2D eigenvalue weighted by Crippen LogP contribution is 2.22. The molecule has 0 saturated carbocycles. The number of carbonyl (C=O) groups is 1. The third kappa shape index (κ3) is 4.46. The van der Waals surface area contributed by atoms with Gasteiger partial charge in [-0.3, -0.25) is 4.79 Å². The minimum Gasteiger partial charge on any atom is -0.284 e. The van der Waals surface area contributed by atoms with E-state index in [1.165, 1.54) is 12.1 Å². The van der Waals surface area contributed by atoms with Crippen molar-refractivity contribution >= 4 is 21.7 Å². The van der Waals surface area contributed by atoms with Crippen molar-refractivity contribution in [3.63, 3.8) is 0 Å². The smallest absolute Gasteiger partial charge is 0.284 e. The highest BCUT2D eigenvalue weighted by Gasteiger charge is 2.38. The summed E-state index contributed by atoms with van der Waals surface area (Å²) in [7, 11) is 0. The Kier molecular flexibility index (Phi) is 5.57. The topological polar surface area (TPSA) is 17.1 Å². The molecule has 5 heteroatoms. The van der Waals surface area contributed by atoms with E-state index in [0.717, 1.165) is 12.1 Å². The van der Waals surface area contributed by atoms with E-state index in [1.807, 2.05) is 13.8 Å². The Balaban J connectivity index is 0.000000921. The molecule has 1 nitrogen and oxygen atoms in total. The van der Waals surface area contributed by atoms with Gasteiger partial charge in [-0.05, 0) is 24.3 Å². The van der Waals surface area contributed by atoms with Gasteiger partial charge in [0.2, 0.25) is 0 Å². The van der Waals surface area contributed by atoms with Crippen LogP contribution in [0.15, 0.2) is 28.7 Å². The van der Waals surface area contributed by atoms with E-state index in [-0.39, 0.29) is 5.56 Å². The summed E-state index contributed by atoms with van der Waals surface area (Å²) in [5, 5.41) is 0. The van der Waals surface area contributed by atoms with Crippen LogP contribution in [0.1, 0.15) is 24.2 Å². The van der Waals surface area contributed by atoms with Crippen LogP contribution in [-0.4, -0.2) is 12.0 Å². The molecule has 0 unspecified atom stereocenters. The van der Waals surface area contributed by atoms with Gasteiger partial charge in [0, 0.05) is 10.0 Å². The van der Waals surface area contributed by atoms with Crippen molar-refractivity contribution in [1.29, 1.82) is 0 Å². The first-order chi connectivity index (χ1) is 6.91. The Labute approximate surface area is 94.4 Å². The number of alkyl halides is 3. The summed E-state index contributed by atoms with van der Waals surface area (Å²) in [5.74, 6) is -1.82. The average Bonchev–Trinajstić information content (AvgIpc) is 2.20. The number of Topliss-reactive ketones (excluding diaryl/α,β-unsaturated/α-hetero) is 1. The molecule has 0 radical (unpaired) electrons. The largest absolute Gasteiger partial charge is 0.454 e. The Morgan fingerprint density at radius 3 is 1.87 bits per heavy atom. The third-order valence-corrected chi connectivity index (χ3v) is 1.89. The standard InChI is InChI=1S/C8H4BrF3O.C2H6/c9-6-3-1-5(2-4-6)7(13)8(10,11)12;1-2/h1-4H;1-2H3. The van der Waals surface area contributed by atoms with E-state index in [2.05, 4.69) is 15.9 Å². The maximum Gasteiger partial charge on any atom is 0.454 e. The number of carbonyl (C=O) groups excluding carboxylic acids is 1. The monoisotopic (exact) mass is 282 g/mol. The van der Waals surface area contributed by atoms with Gasteiger partial charge in [0.1, 0.15) is 0 Å². The van der Waals surface area contributed by atoms with Gasteiger partial charge in [0.25, 0.3) is 5.78 Å². The first-order valence-electron chi connectivity index (χ1n) is 4.28. The molecule has 84 valence electrons. The zero-order valence-corrected chi connectivity index (χ0v) is 9.82. The van der Waals surface area contributed by atoms with Gasteiger partial charge in [0.05, 0.1) is 0 Å². The van der Waals surface area contributed by atoms with E-state index in [4.69, 9.17) is 0 Å². The minimum absolute atomic E-state index is 0.351. The Morgan fingerprint density at radius 2 is 1.53 bits per heavy atom. The van der Waals surface area contributed by atoms with Crippen LogP contribution in [0, 0.1) is 0 Å². The van der Waals surface area contributed by atoms with Crippen LogP contribution < -0.4 is 0 Å². The molecule has 0 bridgehead atoms. The quantitative estimate of drug-likeness (QED) is 0.705. The van der Waals surface area contributed by atoms with Crippen molar-refractivity contribution in [3.8, 4) is 0 Å². The second kappa shape index (κ2) is 5.90. The second-order valence-electron chi connectivity index (χ2n) is 2.33. The van der Waals surface area contributed by atoms with Gasteiger partial charge in [-0.2, -0.15) is 13.2 Å². The number of hydrogen-bond acceptors (Lipinski definition) is 1. The normalized spacial score (nSPS) is 10.3. The van der Waals surface area contributed by atoms with Crippen LogP contribution in [0.3, 0.4) is 0 Å². The maximum atomic E-state index is 11.9. The fourth-order valence-corrected chi connectivity index (χ4v) is 1.03. The summed E-state index contributed by atoms with van der Waals surface area (Å²) >= 11 is 3.05. The predicted molar refractivity (Wildman–Crippen MR) is 55.9 cm³/mol. The first kappa shape index (κ1) is 14.2. The fourth-order valence-electron chi connectivity index (χ4n) is 0.765. The average molecular weight is 283 g/mol. The molecular formula is C10H10BrF3O. The third-order valence-electron chi connectivity index (χ3n) is 1.36. The number of ketones is 1. The van der Waals surface area contributed by atoms with E-state index in [0.29, 0.717) is 4.47 Å². The first-order valence-corrected chi connectivity index (χ1v) is 5.07. The predicted octanol–water partition coefficient (Wildman–Crippen LogP) is 4.22. The van der Waals surface area contributed by atoms with Gasteiger partial charge < -0.3 is 0 Å². The molecular weight excluding hydrogens is 273 g/mol. The Bertz CT molecular complexity index is 316. The molecule has 0 fully saturated rings. The SMILES string of the molecule is CC.O=C(c1ccc(Br)cc1)C(F)(F)F. The van der Waals surface area contributed by atoms with Gasteiger partial charge in [-0.25, -0.2) is 0 Å². The van der Waals surface area contributed by atoms with Crippen LogP contribution in [0.4, 0.5) is 13.2 Å². The number of benzene rings is 1. The van der Waals surface area contributed by atoms with E-state index in [1.54, 1.807) is 0 Å². The van der Waals surface area contributed by atoms with Crippen LogP contribution in [0.5, 0.6) is 0 Å². The van der Waals surface area contributed by atoms with Crippen molar-refractivity contribution in [1.82, 2.24) is 0 Å². The summed E-state index contributed by atoms with van der Waals surface area (Å²) in [4.78, 5) is 10.6. The van der Waals surface area contributed by atoms with E-state index < -0.39 is 12.0 Å². The molecule has 0 N–H and O–H groups in total. The molecule has 0 aliphatic carbocycles. The summed E-state index contributed by atoms with van der Waals surface area (Å²) in [6.45, 7) is 4.00. The van der Waals surface area contributed by atoms with Gasteiger partial charge in [0.15, 0.2) is 0 Å². The van der Waals surface area contributed by atoms with E-state index >= 15 is 0 Å². The van der Waals surface area contributed by atoms with Crippen molar-refractivity contribution in [2.45, 2.75) is 20.0 Å². The van der Waals surface area contributed by atoms with Crippen LogP contribution in [0.2, 0.25) is 0 Å². The molecule has 0 aliphatic heterocycles. The molecule has 0 heterocycles. The lowest BCUT2D eigenvalue weighted by molar-refractivity contribution is -0.0885. The molecule has 0 aliphatic rings. The highest BCUT2D eigenvalue weighted by atomic mass is 79.9. The summed E-state index contributed by atoms with van der Waals surface area (Å²) in [5.41, 5.74) is -0.351. The maximum absolute atomic E-state index is 11.9. The molecule has 0 saturated heterocycles. The van der Waals surface area contributed by atoms with Gasteiger partial charge in [-0.1, -0.05) is 29.8 Å². The fraction of sp³-hybridized carbons (Fsp3) is 0.300. The van der Waals surface area contributed by atoms with Crippen molar-refractivity contribution in [2.24, 2.45) is 0 Å². The lowest BCUT2D eigenvalue weighted by Gasteiger charge is -2.04. The molecule has 0 amide bonds. The molecule has 1 aromatic rings. The molecule has 0 atom stereocenters. The minimum atomic E-state index is -4.80. The summed E-state index contributed by atoms with van der Waals surface area (Å²) < 4.78 is 36.3. The lowest BCUT2D eigenvalue weighted by Crippen LogP contribution is -2.22. The molecule has 1 rings (SSSR count). The zero-order valence-electron chi connectivity index (χ0n) is 8.23. The molecule has 1 aromatic carbocycles. The summed E-state index contributed by atoms with van der Waals surface area (Å²) in [6, 6.07) is 5.03. The zero-order chi connectivity index (χ0) is 12.1. The van der Waals surface area contributed by atoms with Gasteiger partial charge in [-0.15, -0.1) is 0 Å². The number of rotatable bonds is 1. The molecule has 15 heavy (non-hydrogen) atoms. The van der Waals surface area contributed by atoms with Crippen molar-refractivity contribution < 1.29 is 18.0 Å². The second-order valence-corrected chi connectivity index (χ2v) is 3.25. The number of halogens is 4. The summed E-state index contributed by atoms with van der Waals surface area (Å²) in [6.07, 6.45) is -4.80. The van der Waals surface area contributed by atoms with E-state index in [9.17, 15) is 18.0 Å².